The fraction of sp³-hybridized carbons (Fsp3) is 1.00. The minimum atomic E-state index is 0.0292. The van der Waals surface area contributed by atoms with Crippen molar-refractivity contribution in [3.05, 3.63) is 0 Å². The Bertz CT molecular complexity index is 186. The highest BCUT2D eigenvalue weighted by Gasteiger charge is 2.34. The Morgan fingerprint density at radius 2 is 2.21 bits per heavy atom. The first kappa shape index (κ1) is 10.7. The van der Waals surface area contributed by atoms with Crippen molar-refractivity contribution in [2.24, 2.45) is 11.8 Å². The van der Waals surface area contributed by atoms with Crippen LogP contribution in [0.4, 0.5) is 0 Å². The van der Waals surface area contributed by atoms with Gasteiger partial charge in [-0.25, -0.2) is 0 Å². The Labute approximate surface area is 90.9 Å². The van der Waals surface area contributed by atoms with Crippen LogP contribution in [0, 0.1) is 11.8 Å². The zero-order chi connectivity index (χ0) is 9.97. The van der Waals surface area contributed by atoms with Crippen LogP contribution in [0.25, 0.3) is 0 Å². The smallest absolute Gasteiger partial charge is 0.161 e. The number of ether oxygens (including phenoxy) is 2. The van der Waals surface area contributed by atoms with E-state index in [-0.39, 0.29) is 12.4 Å². The SMILES string of the molecule is CC1CCCC(C2OCC(CCl)O2)C1. The minimum Gasteiger partial charge on any atom is -0.350 e. The van der Waals surface area contributed by atoms with Crippen LogP contribution in [-0.4, -0.2) is 24.9 Å². The van der Waals surface area contributed by atoms with E-state index in [1.54, 1.807) is 0 Å². The van der Waals surface area contributed by atoms with Gasteiger partial charge in [-0.3, -0.25) is 0 Å². The molecule has 14 heavy (non-hydrogen) atoms. The molecule has 0 N–H and O–H groups in total. The Morgan fingerprint density at radius 3 is 2.86 bits per heavy atom. The van der Waals surface area contributed by atoms with Crippen LogP contribution in [0.2, 0.25) is 0 Å². The van der Waals surface area contributed by atoms with Gasteiger partial charge in [-0.15, -0.1) is 11.6 Å². The predicted molar refractivity (Wildman–Crippen MR) is 56.5 cm³/mol. The minimum absolute atomic E-state index is 0.0292. The summed E-state index contributed by atoms with van der Waals surface area (Å²) in [5.41, 5.74) is 0. The molecule has 2 rings (SSSR count). The third-order valence-corrected chi connectivity index (χ3v) is 3.65. The zero-order valence-electron chi connectivity index (χ0n) is 8.75. The molecule has 82 valence electrons. The van der Waals surface area contributed by atoms with E-state index in [0.717, 1.165) is 5.92 Å². The lowest BCUT2D eigenvalue weighted by Gasteiger charge is -2.29. The van der Waals surface area contributed by atoms with Gasteiger partial charge in [-0.2, -0.15) is 0 Å². The standard InChI is InChI=1S/C11H19ClO2/c1-8-3-2-4-9(5-8)11-13-7-10(6-12)14-11/h8-11H,2-7H2,1H3. The molecule has 2 nitrogen and oxygen atoms in total. The maximum Gasteiger partial charge on any atom is 0.161 e. The van der Waals surface area contributed by atoms with E-state index in [9.17, 15) is 0 Å². The maximum absolute atomic E-state index is 5.74. The molecule has 1 saturated carbocycles. The third-order valence-electron chi connectivity index (χ3n) is 3.31. The van der Waals surface area contributed by atoms with Gasteiger partial charge < -0.3 is 9.47 Å². The molecule has 0 radical (unpaired) electrons. The molecule has 0 bridgehead atoms. The van der Waals surface area contributed by atoms with Gasteiger partial charge in [0.15, 0.2) is 6.29 Å². The van der Waals surface area contributed by atoms with Crippen molar-refractivity contribution in [3.8, 4) is 0 Å². The van der Waals surface area contributed by atoms with E-state index in [4.69, 9.17) is 21.1 Å². The van der Waals surface area contributed by atoms with E-state index < -0.39 is 0 Å². The molecule has 1 heterocycles. The van der Waals surface area contributed by atoms with Crippen molar-refractivity contribution in [1.82, 2.24) is 0 Å². The average molecular weight is 219 g/mol. The molecule has 1 aliphatic carbocycles. The van der Waals surface area contributed by atoms with Crippen molar-refractivity contribution in [2.75, 3.05) is 12.5 Å². The van der Waals surface area contributed by atoms with Gasteiger partial charge in [0.2, 0.25) is 0 Å². The van der Waals surface area contributed by atoms with Gasteiger partial charge in [0, 0.05) is 5.92 Å². The summed E-state index contributed by atoms with van der Waals surface area (Å²) in [4.78, 5) is 0. The molecule has 0 amide bonds. The lowest BCUT2D eigenvalue weighted by atomic mass is 9.82. The van der Waals surface area contributed by atoms with E-state index in [1.807, 2.05) is 0 Å². The van der Waals surface area contributed by atoms with Crippen LogP contribution >= 0.6 is 11.6 Å². The second-order valence-corrected chi connectivity index (χ2v) is 4.95. The summed E-state index contributed by atoms with van der Waals surface area (Å²) < 4.78 is 11.4. The number of hydrogen-bond donors (Lipinski definition) is 0. The van der Waals surface area contributed by atoms with E-state index in [0.29, 0.717) is 18.4 Å². The van der Waals surface area contributed by atoms with Gasteiger partial charge in [0.1, 0.15) is 0 Å². The molecule has 2 fully saturated rings. The summed E-state index contributed by atoms with van der Waals surface area (Å²) in [5, 5.41) is 0. The lowest BCUT2D eigenvalue weighted by molar-refractivity contribution is -0.106. The Balaban J connectivity index is 1.83. The van der Waals surface area contributed by atoms with Gasteiger partial charge in [-0.1, -0.05) is 19.8 Å². The van der Waals surface area contributed by atoms with Gasteiger partial charge in [0.25, 0.3) is 0 Å². The molecule has 2 aliphatic rings. The first-order valence-corrected chi connectivity index (χ1v) is 6.16. The van der Waals surface area contributed by atoms with E-state index in [1.165, 1.54) is 25.7 Å². The fourth-order valence-electron chi connectivity index (χ4n) is 2.53. The first-order valence-electron chi connectivity index (χ1n) is 5.62. The van der Waals surface area contributed by atoms with E-state index in [2.05, 4.69) is 6.92 Å². The number of rotatable bonds is 2. The monoisotopic (exact) mass is 218 g/mol. The van der Waals surface area contributed by atoms with Crippen molar-refractivity contribution < 1.29 is 9.47 Å². The summed E-state index contributed by atoms with van der Waals surface area (Å²) in [6.45, 7) is 3.00. The van der Waals surface area contributed by atoms with Gasteiger partial charge >= 0.3 is 0 Å². The molecule has 0 spiro atoms. The Kier molecular flexibility index (Phi) is 3.69. The molecule has 4 atom stereocenters. The number of hydrogen-bond acceptors (Lipinski definition) is 2. The van der Waals surface area contributed by atoms with Crippen molar-refractivity contribution in [3.63, 3.8) is 0 Å². The number of alkyl halides is 1. The molecular weight excluding hydrogens is 200 g/mol. The molecule has 3 heteroatoms. The van der Waals surface area contributed by atoms with Crippen LogP contribution < -0.4 is 0 Å². The molecule has 4 unspecified atom stereocenters. The lowest BCUT2D eigenvalue weighted by Crippen LogP contribution is -2.27. The van der Waals surface area contributed by atoms with Crippen LogP contribution in [-0.2, 0) is 9.47 Å². The summed E-state index contributed by atoms with van der Waals surface area (Å²) in [6, 6.07) is 0. The predicted octanol–water partition coefficient (Wildman–Crippen LogP) is 2.79. The highest BCUT2D eigenvalue weighted by atomic mass is 35.5. The quantitative estimate of drug-likeness (QED) is 0.664. The second-order valence-electron chi connectivity index (χ2n) is 4.65. The molecule has 1 saturated heterocycles. The highest BCUT2D eigenvalue weighted by Crippen LogP contribution is 2.34. The summed E-state index contributed by atoms with van der Waals surface area (Å²) in [6.07, 6.45) is 5.34. The van der Waals surface area contributed by atoms with Crippen LogP contribution in [0.1, 0.15) is 32.6 Å². The topological polar surface area (TPSA) is 18.5 Å². The molecule has 0 aromatic heterocycles. The van der Waals surface area contributed by atoms with Crippen LogP contribution in [0.15, 0.2) is 0 Å². The van der Waals surface area contributed by atoms with Crippen molar-refractivity contribution in [2.45, 2.75) is 45.0 Å². The summed E-state index contributed by atoms with van der Waals surface area (Å²) in [7, 11) is 0. The highest BCUT2D eigenvalue weighted by molar-refractivity contribution is 6.18. The second kappa shape index (κ2) is 4.82. The van der Waals surface area contributed by atoms with Gasteiger partial charge in [-0.05, 0) is 18.8 Å². The largest absolute Gasteiger partial charge is 0.350 e. The molecule has 1 aliphatic heterocycles. The van der Waals surface area contributed by atoms with Crippen molar-refractivity contribution in [1.29, 1.82) is 0 Å². The summed E-state index contributed by atoms with van der Waals surface area (Å²) in [5.74, 6) is 1.99. The Morgan fingerprint density at radius 1 is 1.36 bits per heavy atom. The zero-order valence-corrected chi connectivity index (χ0v) is 9.50. The summed E-state index contributed by atoms with van der Waals surface area (Å²) >= 11 is 5.74. The first-order chi connectivity index (χ1) is 6.79. The fourth-order valence-corrected chi connectivity index (χ4v) is 2.69. The van der Waals surface area contributed by atoms with Crippen molar-refractivity contribution >= 4 is 11.6 Å². The van der Waals surface area contributed by atoms with Crippen LogP contribution in [0.3, 0.4) is 0 Å². The maximum atomic E-state index is 5.74. The molecular formula is C11H19ClO2. The molecule has 0 aromatic carbocycles. The third kappa shape index (κ3) is 2.41. The average Bonchev–Trinajstić information content (AvgIpc) is 2.66. The Hall–Kier alpha value is 0.210. The van der Waals surface area contributed by atoms with E-state index >= 15 is 0 Å². The normalized spacial score (nSPS) is 44.1. The van der Waals surface area contributed by atoms with Gasteiger partial charge in [0.05, 0.1) is 18.6 Å². The molecule has 0 aromatic rings. The number of halogens is 1. The van der Waals surface area contributed by atoms with Crippen LogP contribution in [0.5, 0.6) is 0 Å².